The fraction of sp³-hybridized carbons (Fsp3) is 0.900. The number of allylic oxidation sites excluding steroid dienone is 1. The smallest absolute Gasteiger partial charge is 0.310 e. The number of hydrogen-bond acceptors (Lipinski definition) is 6. The maximum atomic E-state index is 12.9. The molecule has 0 amide bonds. The summed E-state index contributed by atoms with van der Waals surface area (Å²) in [5.74, 6) is -1.27. The van der Waals surface area contributed by atoms with Gasteiger partial charge in [0.1, 0.15) is 0 Å². The predicted molar refractivity (Wildman–Crippen MR) is 138 cm³/mol. The molecule has 7 heteroatoms. The van der Waals surface area contributed by atoms with Crippen LogP contribution in [0.4, 0.5) is 0 Å². The normalized spacial score (nSPS) is 54.7. The molecule has 5 aliphatic carbocycles. The van der Waals surface area contributed by atoms with Crippen LogP contribution in [0.5, 0.6) is 0 Å². The number of carboxylic acids is 1. The van der Waals surface area contributed by atoms with Gasteiger partial charge in [-0.25, -0.2) is 0 Å². The van der Waals surface area contributed by atoms with Crippen LogP contribution in [0.15, 0.2) is 11.6 Å². The Labute approximate surface area is 221 Å². The highest BCUT2D eigenvalue weighted by molar-refractivity contribution is 5.77. The molecule has 0 heterocycles. The van der Waals surface area contributed by atoms with Crippen LogP contribution in [0.2, 0.25) is 0 Å². The highest BCUT2D eigenvalue weighted by atomic mass is 16.4. The molecule has 7 nitrogen and oxygen atoms in total. The van der Waals surface area contributed by atoms with E-state index in [1.54, 1.807) is 0 Å². The molecule has 11 atom stereocenters. The summed E-state index contributed by atoms with van der Waals surface area (Å²) in [6.45, 7) is 9.87. The monoisotopic (exact) mass is 520 g/mol. The number of aliphatic hydroxyl groups is 5. The van der Waals surface area contributed by atoms with E-state index in [1.807, 2.05) is 13.8 Å². The van der Waals surface area contributed by atoms with E-state index in [2.05, 4.69) is 26.8 Å². The van der Waals surface area contributed by atoms with Gasteiger partial charge >= 0.3 is 5.97 Å². The largest absolute Gasteiger partial charge is 0.481 e. The molecule has 5 aliphatic rings. The van der Waals surface area contributed by atoms with Gasteiger partial charge in [-0.05, 0) is 92.3 Å². The lowest BCUT2D eigenvalue weighted by atomic mass is 9.32. The van der Waals surface area contributed by atoms with E-state index >= 15 is 0 Å². The number of rotatable bonds is 3. The first-order chi connectivity index (χ1) is 17.1. The van der Waals surface area contributed by atoms with Crippen LogP contribution in [0.3, 0.4) is 0 Å². The molecule has 0 spiro atoms. The SMILES string of the molecule is C[C@@H]1CC[C@]2(C(=O)O)CC[C@]3(C)C(=CC[C@@H]4[C@@]5(C)C[C@@H](O)[C@H](O)C(CO)(CO)[C@H]5CC[C@]43C)[C@H]2[C@]1(C)O. The van der Waals surface area contributed by atoms with Crippen molar-refractivity contribution in [3.63, 3.8) is 0 Å². The van der Waals surface area contributed by atoms with Crippen LogP contribution in [0, 0.1) is 50.7 Å². The first-order valence-electron chi connectivity index (χ1n) is 14.4. The Morgan fingerprint density at radius 1 is 0.973 bits per heavy atom. The molecule has 4 fully saturated rings. The quantitative estimate of drug-likeness (QED) is 0.314. The van der Waals surface area contributed by atoms with Crippen molar-refractivity contribution in [2.24, 2.45) is 50.7 Å². The maximum Gasteiger partial charge on any atom is 0.310 e. The van der Waals surface area contributed by atoms with Gasteiger partial charge in [0.05, 0.1) is 36.4 Å². The van der Waals surface area contributed by atoms with E-state index in [0.29, 0.717) is 38.5 Å². The van der Waals surface area contributed by atoms with Crippen molar-refractivity contribution in [3.05, 3.63) is 11.6 Å². The molecule has 6 N–H and O–H groups in total. The van der Waals surface area contributed by atoms with Crippen LogP contribution in [0.25, 0.3) is 0 Å². The summed E-state index contributed by atoms with van der Waals surface area (Å²) in [5, 5.41) is 65.3. The predicted octanol–water partition coefficient (Wildman–Crippen LogP) is 3.12. The first-order valence-corrected chi connectivity index (χ1v) is 14.4. The minimum absolute atomic E-state index is 0.00304. The average Bonchev–Trinajstić information content (AvgIpc) is 2.83. The second-order valence-corrected chi connectivity index (χ2v) is 14.6. The maximum absolute atomic E-state index is 12.9. The summed E-state index contributed by atoms with van der Waals surface area (Å²) in [5.41, 5.74) is -3.11. The molecule has 0 aromatic heterocycles. The molecular weight excluding hydrogens is 472 g/mol. The van der Waals surface area contributed by atoms with Crippen molar-refractivity contribution in [1.29, 1.82) is 0 Å². The molecule has 0 bridgehead atoms. The van der Waals surface area contributed by atoms with Crippen LogP contribution in [-0.2, 0) is 4.79 Å². The summed E-state index contributed by atoms with van der Waals surface area (Å²) >= 11 is 0. The van der Waals surface area contributed by atoms with Crippen molar-refractivity contribution in [2.45, 2.75) is 104 Å². The van der Waals surface area contributed by atoms with Gasteiger partial charge in [0.25, 0.3) is 0 Å². The minimum Gasteiger partial charge on any atom is -0.481 e. The number of hydrogen-bond donors (Lipinski definition) is 6. The Hall–Kier alpha value is -0.990. The summed E-state index contributed by atoms with van der Waals surface area (Å²) in [4.78, 5) is 12.9. The standard InChI is InChI=1S/C30H48O7/c1-17-8-11-29(24(35)36)13-12-26(3)18(22(29)28(17,5)37)6-7-20-25(2)14-19(33)23(34)30(15-31,16-32)21(25)9-10-27(20,26)4/h6,17,19-23,31-34,37H,7-16H2,1-5H3,(H,35,36)/t17-,19-,20-,21+,22+,23+,25-,26-,27-,28-,29+/m1/s1. The number of fused-ring (bicyclic) bond motifs is 7. The first kappa shape index (κ1) is 27.6. The Balaban J connectivity index is 1.65. The van der Waals surface area contributed by atoms with Gasteiger partial charge in [0, 0.05) is 11.3 Å². The second-order valence-electron chi connectivity index (χ2n) is 14.6. The summed E-state index contributed by atoms with van der Waals surface area (Å²) in [6.07, 6.45) is 5.18. The van der Waals surface area contributed by atoms with E-state index in [4.69, 9.17) is 0 Å². The molecule has 0 unspecified atom stereocenters. The fourth-order valence-corrected chi connectivity index (χ4v) is 11.1. The van der Waals surface area contributed by atoms with E-state index in [-0.39, 0.29) is 41.8 Å². The van der Waals surface area contributed by atoms with Gasteiger partial charge < -0.3 is 30.6 Å². The highest BCUT2D eigenvalue weighted by Gasteiger charge is 2.72. The van der Waals surface area contributed by atoms with E-state index in [9.17, 15) is 35.4 Å². The molecular formula is C30H48O7. The molecule has 37 heavy (non-hydrogen) atoms. The van der Waals surface area contributed by atoms with Crippen LogP contribution < -0.4 is 0 Å². The highest BCUT2D eigenvalue weighted by Crippen LogP contribution is 2.76. The van der Waals surface area contributed by atoms with Gasteiger partial charge in [-0.2, -0.15) is 0 Å². The zero-order valence-electron chi connectivity index (χ0n) is 23.2. The number of carboxylic acid groups (broad SMARTS) is 1. The van der Waals surface area contributed by atoms with Crippen molar-refractivity contribution in [3.8, 4) is 0 Å². The van der Waals surface area contributed by atoms with Gasteiger partial charge in [0.15, 0.2) is 0 Å². The molecule has 5 rings (SSSR count). The Kier molecular flexibility index (Phi) is 6.16. The van der Waals surface area contributed by atoms with Gasteiger partial charge in [-0.3, -0.25) is 4.79 Å². The number of aliphatic carboxylic acids is 1. The topological polar surface area (TPSA) is 138 Å². The Morgan fingerprint density at radius 2 is 1.62 bits per heavy atom. The molecule has 0 saturated heterocycles. The average molecular weight is 521 g/mol. The lowest BCUT2D eigenvalue weighted by molar-refractivity contribution is -0.259. The minimum atomic E-state index is -1.18. The van der Waals surface area contributed by atoms with Crippen molar-refractivity contribution in [2.75, 3.05) is 13.2 Å². The molecule has 4 saturated carbocycles. The van der Waals surface area contributed by atoms with Crippen LogP contribution in [-0.4, -0.2) is 67.6 Å². The molecule has 0 aromatic carbocycles. The third-order valence-corrected chi connectivity index (χ3v) is 13.6. The second kappa shape index (κ2) is 8.26. The van der Waals surface area contributed by atoms with Crippen molar-refractivity contribution in [1.82, 2.24) is 0 Å². The number of aliphatic hydroxyl groups excluding tert-OH is 4. The van der Waals surface area contributed by atoms with E-state index in [0.717, 1.165) is 18.4 Å². The van der Waals surface area contributed by atoms with Gasteiger partial charge in [-0.1, -0.05) is 39.3 Å². The lowest BCUT2D eigenvalue weighted by Gasteiger charge is -2.72. The van der Waals surface area contributed by atoms with Crippen molar-refractivity contribution < 1.29 is 35.4 Å². The molecule has 0 aliphatic heterocycles. The third-order valence-electron chi connectivity index (χ3n) is 13.6. The Morgan fingerprint density at radius 3 is 2.22 bits per heavy atom. The zero-order valence-corrected chi connectivity index (χ0v) is 23.2. The third kappa shape index (κ3) is 3.10. The van der Waals surface area contributed by atoms with Gasteiger partial charge in [0.2, 0.25) is 0 Å². The van der Waals surface area contributed by atoms with Crippen molar-refractivity contribution >= 4 is 5.97 Å². The van der Waals surface area contributed by atoms with E-state index < -0.39 is 45.9 Å². The summed E-state index contributed by atoms with van der Waals surface area (Å²) < 4.78 is 0. The number of carbonyl (C=O) groups is 1. The zero-order chi connectivity index (χ0) is 27.4. The lowest BCUT2D eigenvalue weighted by Crippen LogP contribution is -2.70. The molecule has 0 aromatic rings. The Bertz CT molecular complexity index is 986. The van der Waals surface area contributed by atoms with Crippen LogP contribution >= 0.6 is 0 Å². The molecule has 0 radical (unpaired) electrons. The summed E-state index contributed by atoms with van der Waals surface area (Å²) in [6, 6.07) is 0. The van der Waals surface area contributed by atoms with Gasteiger partial charge in [-0.15, -0.1) is 0 Å². The fourth-order valence-electron chi connectivity index (χ4n) is 11.1. The van der Waals surface area contributed by atoms with Crippen LogP contribution in [0.1, 0.15) is 86.0 Å². The summed E-state index contributed by atoms with van der Waals surface area (Å²) in [7, 11) is 0. The molecule has 210 valence electrons. The van der Waals surface area contributed by atoms with E-state index in [1.165, 1.54) is 0 Å².